The van der Waals surface area contributed by atoms with Crippen molar-refractivity contribution < 1.29 is 14.5 Å². The number of halogens is 1. The van der Waals surface area contributed by atoms with Gasteiger partial charge in [-0.1, -0.05) is 12.1 Å². The van der Waals surface area contributed by atoms with Crippen molar-refractivity contribution in [2.45, 2.75) is 26.3 Å². The summed E-state index contributed by atoms with van der Waals surface area (Å²) in [5.74, 6) is 0.557. The molecule has 1 N–H and O–H groups in total. The molecule has 144 valence electrons. The highest BCUT2D eigenvalue weighted by atomic mass is 127. The summed E-state index contributed by atoms with van der Waals surface area (Å²) >= 11 is 0. The van der Waals surface area contributed by atoms with Gasteiger partial charge in [0.2, 0.25) is 0 Å². The topological polar surface area (TPSA) is 97.1 Å². The molecule has 0 radical (unpaired) electrons. The van der Waals surface area contributed by atoms with Crippen molar-refractivity contribution in [3.05, 3.63) is 39.9 Å². The highest BCUT2D eigenvalue weighted by Gasteiger charge is 2.27. The number of rotatable bonds is 5. The molecule has 0 amide bonds. The first-order valence-electron chi connectivity index (χ1n) is 8.40. The molecule has 0 unspecified atom stereocenters. The molecule has 8 nitrogen and oxygen atoms in total. The molecule has 1 saturated heterocycles. The van der Waals surface area contributed by atoms with Crippen LogP contribution < -0.4 is 5.32 Å². The van der Waals surface area contributed by atoms with E-state index in [1.807, 2.05) is 13.0 Å². The summed E-state index contributed by atoms with van der Waals surface area (Å²) in [5, 5.41) is 14.1. The van der Waals surface area contributed by atoms with Gasteiger partial charge in [0.1, 0.15) is 0 Å². The van der Waals surface area contributed by atoms with E-state index in [0.717, 1.165) is 37.5 Å². The number of guanidine groups is 1. The first-order valence-corrected chi connectivity index (χ1v) is 8.40. The summed E-state index contributed by atoms with van der Waals surface area (Å²) in [5.41, 5.74) is 0.890. The summed E-state index contributed by atoms with van der Waals surface area (Å²) in [4.78, 5) is 28.6. The van der Waals surface area contributed by atoms with Crippen molar-refractivity contribution in [2.24, 2.45) is 10.9 Å². The number of nitrogens with zero attached hydrogens (tertiary/aromatic N) is 3. The number of ether oxygens (including phenoxy) is 1. The predicted molar refractivity (Wildman–Crippen MR) is 110 cm³/mol. The van der Waals surface area contributed by atoms with Crippen LogP contribution in [-0.4, -0.2) is 48.5 Å². The van der Waals surface area contributed by atoms with Gasteiger partial charge in [0, 0.05) is 38.8 Å². The van der Waals surface area contributed by atoms with Gasteiger partial charge >= 0.3 is 5.97 Å². The Morgan fingerprint density at radius 3 is 2.69 bits per heavy atom. The first-order chi connectivity index (χ1) is 12.0. The van der Waals surface area contributed by atoms with Gasteiger partial charge in [-0.2, -0.15) is 0 Å². The van der Waals surface area contributed by atoms with Gasteiger partial charge in [-0.15, -0.1) is 24.0 Å². The Labute approximate surface area is 170 Å². The highest BCUT2D eigenvalue weighted by molar-refractivity contribution is 14.0. The van der Waals surface area contributed by atoms with E-state index in [9.17, 15) is 14.9 Å². The number of nitro groups is 1. The largest absolute Gasteiger partial charge is 0.466 e. The third-order valence-corrected chi connectivity index (χ3v) is 4.20. The molecule has 1 heterocycles. The Kier molecular flexibility index (Phi) is 9.31. The quantitative estimate of drug-likeness (QED) is 0.175. The van der Waals surface area contributed by atoms with Crippen molar-refractivity contribution in [2.75, 3.05) is 26.7 Å². The van der Waals surface area contributed by atoms with Crippen LogP contribution in [-0.2, 0) is 16.1 Å². The molecule has 2 rings (SSSR count). The Morgan fingerprint density at radius 1 is 1.42 bits per heavy atom. The van der Waals surface area contributed by atoms with Gasteiger partial charge in [0.25, 0.3) is 5.69 Å². The van der Waals surface area contributed by atoms with Crippen LogP contribution in [0.5, 0.6) is 0 Å². The van der Waals surface area contributed by atoms with Crippen LogP contribution in [0.1, 0.15) is 25.3 Å². The van der Waals surface area contributed by atoms with Crippen molar-refractivity contribution >= 4 is 41.6 Å². The molecule has 1 fully saturated rings. The third kappa shape index (κ3) is 6.11. The second kappa shape index (κ2) is 10.9. The van der Waals surface area contributed by atoms with Crippen molar-refractivity contribution in [3.63, 3.8) is 0 Å². The molecule has 1 aliphatic rings. The predicted octanol–water partition coefficient (Wildman–Crippen LogP) is 2.56. The minimum atomic E-state index is -0.404. The average Bonchev–Trinajstić information content (AvgIpc) is 2.63. The van der Waals surface area contributed by atoms with Gasteiger partial charge in [-0.25, -0.2) is 0 Å². The monoisotopic (exact) mass is 476 g/mol. The molecule has 1 aliphatic heterocycles. The summed E-state index contributed by atoms with van der Waals surface area (Å²) in [6.45, 7) is 4.11. The number of esters is 1. The lowest BCUT2D eigenvalue weighted by molar-refractivity contribution is -0.384. The molecule has 1 aromatic carbocycles. The summed E-state index contributed by atoms with van der Waals surface area (Å²) in [6, 6.07) is 6.52. The highest BCUT2D eigenvalue weighted by Crippen LogP contribution is 2.19. The number of piperidine rings is 1. The maximum Gasteiger partial charge on any atom is 0.309 e. The van der Waals surface area contributed by atoms with Crippen LogP contribution in [0.15, 0.2) is 29.3 Å². The van der Waals surface area contributed by atoms with E-state index in [0.29, 0.717) is 13.2 Å². The Morgan fingerprint density at radius 2 is 2.12 bits per heavy atom. The van der Waals surface area contributed by atoms with E-state index < -0.39 is 4.92 Å². The number of aliphatic imine (C=N–C) groups is 1. The third-order valence-electron chi connectivity index (χ3n) is 4.20. The molecule has 1 aromatic rings. The minimum absolute atomic E-state index is 0. The van der Waals surface area contributed by atoms with Gasteiger partial charge in [-0.3, -0.25) is 19.9 Å². The van der Waals surface area contributed by atoms with E-state index in [-0.39, 0.29) is 41.6 Å². The van der Waals surface area contributed by atoms with E-state index in [4.69, 9.17) is 4.74 Å². The molecule has 0 saturated carbocycles. The maximum absolute atomic E-state index is 11.8. The fourth-order valence-corrected chi connectivity index (χ4v) is 2.88. The number of hydrogen-bond donors (Lipinski definition) is 1. The van der Waals surface area contributed by atoms with Gasteiger partial charge in [0.15, 0.2) is 5.96 Å². The molecular weight excluding hydrogens is 451 g/mol. The van der Waals surface area contributed by atoms with Crippen LogP contribution in [0.3, 0.4) is 0 Å². The molecule has 0 aromatic heterocycles. The molecule has 26 heavy (non-hydrogen) atoms. The fraction of sp³-hybridized carbons (Fsp3) is 0.529. The first kappa shape index (κ1) is 22.1. The number of benzene rings is 1. The van der Waals surface area contributed by atoms with Crippen molar-refractivity contribution in [3.8, 4) is 0 Å². The zero-order chi connectivity index (χ0) is 18.2. The van der Waals surface area contributed by atoms with Gasteiger partial charge in [-0.05, 0) is 25.3 Å². The fourth-order valence-electron chi connectivity index (χ4n) is 2.88. The number of carbonyl (C=O) groups excluding carboxylic acids is 1. The van der Waals surface area contributed by atoms with Crippen LogP contribution in [0.25, 0.3) is 0 Å². The lowest BCUT2D eigenvalue weighted by Gasteiger charge is -2.33. The molecule has 0 spiro atoms. The zero-order valence-electron chi connectivity index (χ0n) is 15.0. The maximum atomic E-state index is 11.8. The number of carbonyl (C=O) groups is 1. The standard InChI is InChI=1S/C17H24N4O4.HI/c1-3-25-16(22)14-7-9-20(10-8-14)17(18-2)19-12-13-5-4-6-15(11-13)21(23)24;/h4-6,11,14H,3,7-10,12H2,1-2H3,(H,18,19);1H. The molecule has 9 heteroatoms. The van der Waals surface area contributed by atoms with Gasteiger partial charge in [0.05, 0.1) is 17.4 Å². The SMILES string of the molecule is CCOC(=O)C1CCN(C(=NC)NCc2cccc([N+](=O)[O-])c2)CC1.I. The Hall–Kier alpha value is -1.91. The second-order valence-electron chi connectivity index (χ2n) is 5.84. The number of likely N-dealkylation sites (tertiary alicyclic amines) is 1. The van der Waals surface area contributed by atoms with Crippen LogP contribution in [0.2, 0.25) is 0 Å². The number of hydrogen-bond acceptors (Lipinski definition) is 5. The summed E-state index contributed by atoms with van der Waals surface area (Å²) in [6.07, 6.45) is 1.46. The molecule has 0 atom stereocenters. The number of non-ortho nitro benzene ring substituents is 1. The summed E-state index contributed by atoms with van der Waals surface area (Å²) in [7, 11) is 1.70. The van der Waals surface area contributed by atoms with Crippen molar-refractivity contribution in [1.29, 1.82) is 0 Å². The van der Waals surface area contributed by atoms with E-state index >= 15 is 0 Å². The van der Waals surface area contributed by atoms with E-state index in [1.54, 1.807) is 19.2 Å². The molecular formula is C17H25IN4O4. The normalized spacial score (nSPS) is 15.2. The molecule has 0 aliphatic carbocycles. The van der Waals surface area contributed by atoms with E-state index in [2.05, 4.69) is 15.2 Å². The lowest BCUT2D eigenvalue weighted by atomic mass is 9.97. The molecule has 0 bridgehead atoms. The van der Waals surface area contributed by atoms with Crippen molar-refractivity contribution in [1.82, 2.24) is 10.2 Å². The zero-order valence-corrected chi connectivity index (χ0v) is 17.3. The smallest absolute Gasteiger partial charge is 0.309 e. The van der Waals surface area contributed by atoms with Crippen LogP contribution in [0, 0.1) is 16.0 Å². The minimum Gasteiger partial charge on any atom is -0.466 e. The van der Waals surface area contributed by atoms with Crippen LogP contribution in [0.4, 0.5) is 5.69 Å². The summed E-state index contributed by atoms with van der Waals surface area (Å²) < 4.78 is 5.08. The van der Waals surface area contributed by atoms with E-state index in [1.165, 1.54) is 6.07 Å². The van der Waals surface area contributed by atoms with Crippen LogP contribution >= 0.6 is 24.0 Å². The second-order valence-corrected chi connectivity index (χ2v) is 5.84. The number of nitro benzene ring substituents is 1. The average molecular weight is 476 g/mol. The lowest BCUT2D eigenvalue weighted by Crippen LogP contribution is -2.46. The number of nitrogens with one attached hydrogen (secondary N) is 1. The van der Waals surface area contributed by atoms with Gasteiger partial charge < -0.3 is 15.0 Å². The Balaban J connectivity index is 0.00000338. The Bertz CT molecular complexity index is 645.